The van der Waals surface area contributed by atoms with Crippen molar-refractivity contribution in [2.45, 2.75) is 45.0 Å². The lowest BCUT2D eigenvalue weighted by molar-refractivity contribution is -0.137. The molecule has 20 heavy (non-hydrogen) atoms. The number of halogens is 4. The zero-order chi connectivity index (χ0) is 15.6. The second kappa shape index (κ2) is 6.22. The van der Waals surface area contributed by atoms with Crippen molar-refractivity contribution >= 4 is 17.3 Å². The van der Waals surface area contributed by atoms with Crippen LogP contribution in [-0.2, 0) is 10.9 Å². The number of anilines is 1. The molecule has 0 radical (unpaired) electrons. The van der Waals surface area contributed by atoms with Crippen molar-refractivity contribution in [1.82, 2.24) is 0 Å². The minimum absolute atomic E-state index is 0.0350. The third-order valence-electron chi connectivity index (χ3n) is 3.04. The molecule has 0 saturated heterocycles. The quantitative estimate of drug-likeness (QED) is 0.828. The summed E-state index contributed by atoms with van der Waals surface area (Å²) >= 11 is 5.58. The molecule has 0 heterocycles. The van der Waals surface area contributed by atoms with E-state index in [0.717, 1.165) is 6.07 Å². The van der Waals surface area contributed by atoms with Crippen LogP contribution in [0.1, 0.15) is 32.8 Å². The summed E-state index contributed by atoms with van der Waals surface area (Å²) < 4.78 is 43.6. The first kappa shape index (κ1) is 17.1. The van der Waals surface area contributed by atoms with Gasteiger partial charge in [-0.3, -0.25) is 0 Å². The Bertz CT molecular complexity index is 460. The van der Waals surface area contributed by atoms with Gasteiger partial charge in [0.25, 0.3) is 0 Å². The summed E-state index contributed by atoms with van der Waals surface area (Å²) in [5, 5.41) is 2.74. The zero-order valence-corrected chi connectivity index (χ0v) is 12.7. The van der Waals surface area contributed by atoms with Gasteiger partial charge in [-0.05, 0) is 45.4 Å². The highest BCUT2D eigenvalue weighted by Gasteiger charge is 2.33. The Morgan fingerprint density at radius 1 is 1.30 bits per heavy atom. The van der Waals surface area contributed by atoms with E-state index in [9.17, 15) is 13.2 Å². The maximum Gasteiger partial charge on any atom is 0.417 e. The smallest absolute Gasteiger partial charge is 0.382 e. The predicted molar refractivity (Wildman–Crippen MR) is 75.2 cm³/mol. The molecule has 0 fully saturated rings. The fourth-order valence-electron chi connectivity index (χ4n) is 1.99. The third kappa shape index (κ3) is 4.87. The van der Waals surface area contributed by atoms with E-state index in [1.165, 1.54) is 12.1 Å². The number of benzene rings is 1. The summed E-state index contributed by atoms with van der Waals surface area (Å²) in [5.41, 5.74) is -0.783. The second-order valence-electron chi connectivity index (χ2n) is 5.41. The fourth-order valence-corrected chi connectivity index (χ4v) is 2.21. The van der Waals surface area contributed by atoms with Crippen molar-refractivity contribution in [3.63, 3.8) is 0 Å². The van der Waals surface area contributed by atoms with Gasteiger partial charge in [0.05, 0.1) is 16.2 Å². The SMILES string of the molecule is COC(C)(C)CC(C)Nc1ccc(Cl)c(C(F)(F)F)c1. The normalized spacial score (nSPS) is 14.2. The number of hydrogen-bond acceptors (Lipinski definition) is 2. The van der Waals surface area contributed by atoms with Gasteiger partial charge in [0.2, 0.25) is 0 Å². The molecule has 1 atom stereocenters. The average Bonchev–Trinajstić information content (AvgIpc) is 2.29. The van der Waals surface area contributed by atoms with Crippen LogP contribution in [0.4, 0.5) is 18.9 Å². The van der Waals surface area contributed by atoms with Gasteiger partial charge in [0.15, 0.2) is 0 Å². The van der Waals surface area contributed by atoms with Crippen LogP contribution < -0.4 is 5.32 Å². The van der Waals surface area contributed by atoms with E-state index >= 15 is 0 Å². The minimum Gasteiger partial charge on any atom is -0.382 e. The van der Waals surface area contributed by atoms with Crippen molar-refractivity contribution in [2.24, 2.45) is 0 Å². The van der Waals surface area contributed by atoms with E-state index in [0.29, 0.717) is 12.1 Å². The van der Waals surface area contributed by atoms with Gasteiger partial charge < -0.3 is 10.1 Å². The van der Waals surface area contributed by atoms with E-state index in [2.05, 4.69) is 5.32 Å². The molecule has 114 valence electrons. The highest BCUT2D eigenvalue weighted by Crippen LogP contribution is 2.36. The largest absolute Gasteiger partial charge is 0.417 e. The molecular formula is C14H19ClF3NO. The van der Waals surface area contributed by atoms with Crippen LogP contribution in [0.15, 0.2) is 18.2 Å². The standard InChI is InChI=1S/C14H19ClF3NO/c1-9(8-13(2,3)20-4)19-10-5-6-12(15)11(7-10)14(16,17)18/h5-7,9,19H,8H2,1-4H3. The Morgan fingerprint density at radius 2 is 1.90 bits per heavy atom. The Labute approximate surface area is 122 Å². The van der Waals surface area contributed by atoms with E-state index in [4.69, 9.17) is 16.3 Å². The molecule has 1 unspecified atom stereocenters. The van der Waals surface area contributed by atoms with Gasteiger partial charge in [-0.15, -0.1) is 0 Å². The highest BCUT2D eigenvalue weighted by molar-refractivity contribution is 6.31. The molecule has 1 rings (SSSR count). The third-order valence-corrected chi connectivity index (χ3v) is 3.36. The molecule has 0 saturated carbocycles. The van der Waals surface area contributed by atoms with Gasteiger partial charge in [-0.25, -0.2) is 0 Å². The lowest BCUT2D eigenvalue weighted by Gasteiger charge is -2.27. The van der Waals surface area contributed by atoms with Crippen molar-refractivity contribution in [1.29, 1.82) is 0 Å². The summed E-state index contributed by atoms with van der Waals surface area (Å²) in [7, 11) is 1.61. The second-order valence-corrected chi connectivity index (χ2v) is 5.81. The Hall–Kier alpha value is -0.940. The van der Waals surface area contributed by atoms with Gasteiger partial charge in [-0.1, -0.05) is 11.6 Å². The molecule has 0 amide bonds. The first-order valence-electron chi connectivity index (χ1n) is 6.23. The van der Waals surface area contributed by atoms with Gasteiger partial charge in [0, 0.05) is 18.8 Å². The number of methoxy groups -OCH3 is 1. The van der Waals surface area contributed by atoms with E-state index in [1.54, 1.807) is 7.11 Å². The van der Waals surface area contributed by atoms with Crippen LogP contribution in [0.25, 0.3) is 0 Å². The number of ether oxygens (including phenoxy) is 1. The van der Waals surface area contributed by atoms with Gasteiger partial charge in [0.1, 0.15) is 0 Å². The maximum atomic E-state index is 12.8. The van der Waals surface area contributed by atoms with Gasteiger partial charge in [-0.2, -0.15) is 13.2 Å². The van der Waals surface area contributed by atoms with Crippen molar-refractivity contribution in [3.8, 4) is 0 Å². The summed E-state index contributed by atoms with van der Waals surface area (Å²) in [6.45, 7) is 5.74. The number of rotatable bonds is 5. The molecule has 1 N–H and O–H groups in total. The number of nitrogens with one attached hydrogen (secondary N) is 1. The summed E-state index contributed by atoms with van der Waals surface area (Å²) in [4.78, 5) is 0. The highest BCUT2D eigenvalue weighted by atomic mass is 35.5. The molecule has 2 nitrogen and oxygen atoms in total. The van der Waals surface area contributed by atoms with Crippen LogP contribution >= 0.6 is 11.6 Å². The average molecular weight is 310 g/mol. The van der Waals surface area contributed by atoms with Crippen LogP contribution in [0.2, 0.25) is 5.02 Å². The Kier molecular flexibility index (Phi) is 5.33. The molecule has 1 aromatic rings. The molecule has 0 aliphatic carbocycles. The summed E-state index contributed by atoms with van der Waals surface area (Å²) in [5.74, 6) is 0. The first-order valence-corrected chi connectivity index (χ1v) is 6.61. The Balaban J connectivity index is 2.84. The number of alkyl halides is 3. The monoisotopic (exact) mass is 309 g/mol. The van der Waals surface area contributed by atoms with Crippen LogP contribution in [0, 0.1) is 0 Å². The predicted octanol–water partition coefficient (Wildman–Crippen LogP) is 4.97. The molecule has 6 heteroatoms. The Morgan fingerprint density at radius 3 is 2.40 bits per heavy atom. The molecular weight excluding hydrogens is 291 g/mol. The topological polar surface area (TPSA) is 21.3 Å². The van der Waals surface area contributed by atoms with Crippen LogP contribution in [0.5, 0.6) is 0 Å². The van der Waals surface area contributed by atoms with E-state index in [1.807, 2.05) is 20.8 Å². The fraction of sp³-hybridized carbons (Fsp3) is 0.571. The van der Waals surface area contributed by atoms with Crippen LogP contribution in [-0.4, -0.2) is 18.8 Å². The zero-order valence-electron chi connectivity index (χ0n) is 11.9. The van der Waals surface area contributed by atoms with E-state index < -0.39 is 11.7 Å². The van der Waals surface area contributed by atoms with Crippen molar-refractivity contribution in [2.75, 3.05) is 12.4 Å². The minimum atomic E-state index is -4.45. The van der Waals surface area contributed by atoms with Crippen molar-refractivity contribution < 1.29 is 17.9 Å². The first-order chi connectivity index (χ1) is 9.05. The number of hydrogen-bond donors (Lipinski definition) is 1. The molecule has 0 aliphatic rings. The lowest BCUT2D eigenvalue weighted by Crippen LogP contribution is -2.31. The summed E-state index contributed by atoms with van der Waals surface area (Å²) in [6.07, 6.45) is -3.79. The summed E-state index contributed by atoms with van der Waals surface area (Å²) in [6, 6.07) is 3.78. The maximum absolute atomic E-state index is 12.8. The molecule has 0 bridgehead atoms. The van der Waals surface area contributed by atoms with Gasteiger partial charge >= 0.3 is 6.18 Å². The molecule has 0 spiro atoms. The molecule has 1 aromatic carbocycles. The lowest BCUT2D eigenvalue weighted by atomic mass is 9.99. The molecule has 0 aromatic heterocycles. The van der Waals surface area contributed by atoms with Crippen LogP contribution in [0.3, 0.4) is 0 Å². The molecule has 0 aliphatic heterocycles. The van der Waals surface area contributed by atoms with E-state index in [-0.39, 0.29) is 16.7 Å². The van der Waals surface area contributed by atoms with Crippen molar-refractivity contribution in [3.05, 3.63) is 28.8 Å².